The number of hydrogen-bond donors (Lipinski definition) is 1. The highest BCUT2D eigenvalue weighted by molar-refractivity contribution is 7.80. The lowest BCUT2D eigenvalue weighted by molar-refractivity contribution is -0.133. The lowest BCUT2D eigenvalue weighted by atomic mass is 9.70. The fraction of sp³-hybridized carbons (Fsp3) is 0.917. The first-order valence-electron chi connectivity index (χ1n) is 6.14. The summed E-state index contributed by atoms with van der Waals surface area (Å²) in [5.74, 6) is 1.32. The minimum atomic E-state index is 0.364. The molecule has 0 N–H and O–H groups in total. The first kappa shape index (κ1) is 11.3. The third kappa shape index (κ3) is 2.49. The molecule has 1 saturated carbocycles. The quantitative estimate of drug-likeness (QED) is 0.735. The molecule has 1 heterocycles. The van der Waals surface area contributed by atoms with Gasteiger partial charge in [-0.2, -0.15) is 12.6 Å². The van der Waals surface area contributed by atoms with Crippen LogP contribution in [0, 0.1) is 5.41 Å². The van der Waals surface area contributed by atoms with Gasteiger partial charge in [0, 0.05) is 19.5 Å². The van der Waals surface area contributed by atoms with Crippen molar-refractivity contribution in [3.8, 4) is 0 Å². The summed E-state index contributed by atoms with van der Waals surface area (Å²) in [4.78, 5) is 13.9. The van der Waals surface area contributed by atoms with Gasteiger partial charge < -0.3 is 4.90 Å². The largest absolute Gasteiger partial charge is 0.342 e. The van der Waals surface area contributed by atoms with Crippen LogP contribution in [0.2, 0.25) is 0 Å². The lowest BCUT2D eigenvalue weighted by Gasteiger charge is -2.44. The Labute approximate surface area is 97.8 Å². The zero-order valence-electron chi connectivity index (χ0n) is 9.37. The van der Waals surface area contributed by atoms with Crippen LogP contribution in [0.3, 0.4) is 0 Å². The zero-order valence-corrected chi connectivity index (χ0v) is 10.3. The van der Waals surface area contributed by atoms with Crippen LogP contribution in [0.4, 0.5) is 0 Å². The van der Waals surface area contributed by atoms with Gasteiger partial charge in [0.15, 0.2) is 0 Å². The van der Waals surface area contributed by atoms with Gasteiger partial charge in [-0.1, -0.05) is 12.8 Å². The van der Waals surface area contributed by atoms with Crippen molar-refractivity contribution in [3.63, 3.8) is 0 Å². The third-order valence-corrected chi connectivity index (χ3v) is 4.62. The van der Waals surface area contributed by atoms with Crippen LogP contribution in [-0.4, -0.2) is 29.6 Å². The lowest BCUT2D eigenvalue weighted by Crippen LogP contribution is -2.45. The first-order chi connectivity index (χ1) is 7.26. The Bertz CT molecular complexity index is 232. The van der Waals surface area contributed by atoms with E-state index in [-0.39, 0.29) is 0 Å². The average Bonchev–Trinajstić information content (AvgIpc) is 2.37. The topological polar surface area (TPSA) is 20.3 Å². The van der Waals surface area contributed by atoms with E-state index in [1.54, 1.807) is 0 Å². The van der Waals surface area contributed by atoms with Crippen molar-refractivity contribution in [1.29, 1.82) is 0 Å². The number of likely N-dealkylation sites (tertiary alicyclic amines) is 1. The fourth-order valence-electron chi connectivity index (χ4n) is 2.65. The van der Waals surface area contributed by atoms with E-state index in [1.165, 1.54) is 32.1 Å². The predicted molar refractivity (Wildman–Crippen MR) is 65.2 cm³/mol. The summed E-state index contributed by atoms with van der Waals surface area (Å²) >= 11 is 4.45. The molecule has 0 aromatic carbocycles. The molecule has 1 amide bonds. The predicted octanol–water partition coefficient (Wildman–Crippen LogP) is 2.49. The molecule has 86 valence electrons. The minimum Gasteiger partial charge on any atom is -0.342 e. The normalized spacial score (nSPS) is 25.9. The molecule has 3 heteroatoms. The summed E-state index contributed by atoms with van der Waals surface area (Å²) in [6, 6.07) is 0. The summed E-state index contributed by atoms with van der Waals surface area (Å²) < 4.78 is 0. The van der Waals surface area contributed by atoms with Gasteiger partial charge in [-0.25, -0.2) is 0 Å². The van der Waals surface area contributed by atoms with Crippen molar-refractivity contribution in [1.82, 2.24) is 4.90 Å². The molecule has 0 spiro atoms. The number of thiol groups is 1. The Morgan fingerprint density at radius 1 is 1.20 bits per heavy atom. The van der Waals surface area contributed by atoms with Crippen LogP contribution in [0.25, 0.3) is 0 Å². The Balaban J connectivity index is 1.93. The molecule has 0 aromatic heterocycles. The molecular weight excluding hydrogens is 206 g/mol. The van der Waals surface area contributed by atoms with Crippen LogP contribution in [0.5, 0.6) is 0 Å². The number of amides is 1. The molecule has 2 nitrogen and oxygen atoms in total. The number of rotatable bonds is 3. The molecule has 0 atom stereocenters. The molecule has 0 unspecified atom stereocenters. The summed E-state index contributed by atoms with van der Waals surface area (Å²) in [5.41, 5.74) is 0.364. The Morgan fingerprint density at radius 3 is 2.60 bits per heavy atom. The molecule has 2 rings (SSSR count). The molecule has 15 heavy (non-hydrogen) atoms. The van der Waals surface area contributed by atoms with Gasteiger partial charge in [0.05, 0.1) is 0 Å². The van der Waals surface area contributed by atoms with E-state index < -0.39 is 0 Å². The first-order valence-corrected chi connectivity index (χ1v) is 6.78. The maximum atomic E-state index is 11.8. The molecule has 1 aliphatic carbocycles. The smallest absolute Gasteiger partial charge is 0.222 e. The molecule has 0 radical (unpaired) electrons. The monoisotopic (exact) mass is 227 g/mol. The standard InChI is InChI=1S/C12H21NOS/c14-11-5-2-1-3-8-13(11)9-12(10-15)6-4-7-12/h15H,1-10H2. The van der Waals surface area contributed by atoms with Crippen molar-refractivity contribution in [2.45, 2.75) is 44.9 Å². The van der Waals surface area contributed by atoms with E-state index in [0.717, 1.165) is 31.7 Å². The van der Waals surface area contributed by atoms with Gasteiger partial charge in [0.1, 0.15) is 0 Å². The fourth-order valence-corrected chi connectivity index (χ4v) is 3.07. The van der Waals surface area contributed by atoms with Crippen molar-refractivity contribution >= 4 is 18.5 Å². The van der Waals surface area contributed by atoms with Crippen LogP contribution in [0.15, 0.2) is 0 Å². The highest BCUT2D eigenvalue weighted by Crippen LogP contribution is 2.42. The summed E-state index contributed by atoms with van der Waals surface area (Å²) in [5, 5.41) is 0. The second kappa shape index (κ2) is 4.77. The van der Waals surface area contributed by atoms with E-state index in [0.29, 0.717) is 11.3 Å². The van der Waals surface area contributed by atoms with Gasteiger partial charge in [-0.05, 0) is 36.9 Å². The SMILES string of the molecule is O=C1CCCCCN1CC1(CS)CCC1. The van der Waals surface area contributed by atoms with E-state index >= 15 is 0 Å². The van der Waals surface area contributed by atoms with E-state index in [2.05, 4.69) is 17.5 Å². The zero-order chi connectivity index (χ0) is 10.7. The van der Waals surface area contributed by atoms with Gasteiger partial charge in [0.2, 0.25) is 5.91 Å². The number of nitrogens with zero attached hydrogens (tertiary/aromatic N) is 1. The second-order valence-electron chi connectivity index (χ2n) is 5.14. The number of carbonyl (C=O) groups is 1. The Morgan fingerprint density at radius 2 is 2.00 bits per heavy atom. The molecular formula is C12H21NOS. The van der Waals surface area contributed by atoms with E-state index in [4.69, 9.17) is 0 Å². The molecule has 0 aromatic rings. The summed E-state index contributed by atoms with van der Waals surface area (Å²) in [6.45, 7) is 1.95. The van der Waals surface area contributed by atoms with Gasteiger partial charge in [0.25, 0.3) is 0 Å². The highest BCUT2D eigenvalue weighted by Gasteiger charge is 2.38. The summed E-state index contributed by atoms with van der Waals surface area (Å²) in [6.07, 6.45) is 8.11. The van der Waals surface area contributed by atoms with Crippen LogP contribution < -0.4 is 0 Å². The van der Waals surface area contributed by atoms with E-state index in [1.807, 2.05) is 0 Å². The Kier molecular flexibility index (Phi) is 3.60. The third-order valence-electron chi connectivity index (χ3n) is 3.95. The van der Waals surface area contributed by atoms with Crippen molar-refractivity contribution in [2.75, 3.05) is 18.8 Å². The number of carbonyl (C=O) groups excluding carboxylic acids is 1. The molecule has 2 fully saturated rings. The van der Waals surface area contributed by atoms with Crippen molar-refractivity contribution in [2.24, 2.45) is 5.41 Å². The average molecular weight is 227 g/mol. The second-order valence-corrected chi connectivity index (χ2v) is 5.45. The van der Waals surface area contributed by atoms with Gasteiger partial charge in [-0.15, -0.1) is 0 Å². The van der Waals surface area contributed by atoms with Crippen molar-refractivity contribution in [3.05, 3.63) is 0 Å². The molecule has 1 aliphatic heterocycles. The summed E-state index contributed by atoms with van der Waals surface area (Å²) in [7, 11) is 0. The molecule has 1 saturated heterocycles. The minimum absolute atomic E-state index is 0.364. The van der Waals surface area contributed by atoms with Crippen molar-refractivity contribution < 1.29 is 4.79 Å². The van der Waals surface area contributed by atoms with Gasteiger partial charge in [-0.3, -0.25) is 4.79 Å². The maximum Gasteiger partial charge on any atom is 0.222 e. The van der Waals surface area contributed by atoms with Gasteiger partial charge >= 0.3 is 0 Å². The highest BCUT2D eigenvalue weighted by atomic mass is 32.1. The van der Waals surface area contributed by atoms with E-state index in [9.17, 15) is 4.79 Å². The van der Waals surface area contributed by atoms with Crippen LogP contribution >= 0.6 is 12.6 Å². The number of hydrogen-bond acceptors (Lipinski definition) is 2. The maximum absolute atomic E-state index is 11.8. The van der Waals surface area contributed by atoms with Crippen LogP contribution in [0.1, 0.15) is 44.9 Å². The Hall–Kier alpha value is -0.180. The van der Waals surface area contributed by atoms with Crippen LogP contribution in [-0.2, 0) is 4.79 Å². The molecule has 2 aliphatic rings. The molecule has 0 bridgehead atoms.